The molecule has 3 aromatic rings. The van der Waals surface area contributed by atoms with Gasteiger partial charge in [-0.2, -0.15) is 0 Å². The Kier molecular flexibility index (Phi) is 4.66. The van der Waals surface area contributed by atoms with Crippen LogP contribution in [0.25, 0.3) is 11.2 Å². The minimum Gasteiger partial charge on any atom is -0.492 e. The van der Waals surface area contributed by atoms with E-state index in [2.05, 4.69) is 9.97 Å². The van der Waals surface area contributed by atoms with E-state index >= 15 is 0 Å². The SMILES string of the molecule is COCc1nc2cc(C)cnc2n1CCOc1ccc(N)c(C)c1. The van der Waals surface area contributed by atoms with E-state index in [1.54, 1.807) is 7.11 Å². The van der Waals surface area contributed by atoms with Crippen LogP contribution in [0.4, 0.5) is 5.69 Å². The number of anilines is 1. The molecule has 0 bridgehead atoms. The summed E-state index contributed by atoms with van der Waals surface area (Å²) < 4.78 is 13.1. The summed E-state index contributed by atoms with van der Waals surface area (Å²) in [4.78, 5) is 9.13. The topological polar surface area (TPSA) is 75.2 Å². The van der Waals surface area contributed by atoms with Gasteiger partial charge in [-0.1, -0.05) is 0 Å². The number of methoxy groups -OCH3 is 1. The number of hydrogen-bond donors (Lipinski definition) is 1. The van der Waals surface area contributed by atoms with Crippen molar-refractivity contribution < 1.29 is 9.47 Å². The summed E-state index contributed by atoms with van der Waals surface area (Å²) in [5.41, 5.74) is 10.4. The van der Waals surface area contributed by atoms with E-state index in [0.717, 1.165) is 39.6 Å². The number of nitrogens with two attached hydrogens (primary N) is 1. The maximum Gasteiger partial charge on any atom is 0.160 e. The van der Waals surface area contributed by atoms with Gasteiger partial charge in [-0.3, -0.25) is 0 Å². The van der Waals surface area contributed by atoms with E-state index in [9.17, 15) is 0 Å². The van der Waals surface area contributed by atoms with Gasteiger partial charge in [-0.15, -0.1) is 0 Å². The van der Waals surface area contributed by atoms with E-state index in [-0.39, 0.29) is 0 Å². The van der Waals surface area contributed by atoms with Crippen LogP contribution in [-0.4, -0.2) is 28.3 Å². The first kappa shape index (κ1) is 16.3. The van der Waals surface area contributed by atoms with Gasteiger partial charge in [-0.25, -0.2) is 9.97 Å². The zero-order valence-corrected chi connectivity index (χ0v) is 14.2. The maximum absolute atomic E-state index is 5.85. The summed E-state index contributed by atoms with van der Waals surface area (Å²) in [6.45, 7) is 5.58. The highest BCUT2D eigenvalue weighted by molar-refractivity contribution is 5.72. The minimum absolute atomic E-state index is 0.441. The number of pyridine rings is 1. The summed E-state index contributed by atoms with van der Waals surface area (Å²) in [5, 5.41) is 0. The van der Waals surface area contributed by atoms with E-state index in [4.69, 9.17) is 15.2 Å². The molecule has 3 rings (SSSR count). The van der Waals surface area contributed by atoms with Crippen LogP contribution < -0.4 is 10.5 Å². The van der Waals surface area contributed by atoms with Crippen LogP contribution >= 0.6 is 0 Å². The Morgan fingerprint density at radius 2 is 2.04 bits per heavy atom. The fourth-order valence-electron chi connectivity index (χ4n) is 2.63. The molecule has 126 valence electrons. The zero-order valence-electron chi connectivity index (χ0n) is 14.2. The number of imidazole rings is 1. The molecule has 24 heavy (non-hydrogen) atoms. The van der Waals surface area contributed by atoms with Crippen molar-refractivity contribution in [1.29, 1.82) is 0 Å². The Morgan fingerprint density at radius 3 is 2.79 bits per heavy atom. The van der Waals surface area contributed by atoms with Crippen LogP contribution in [0.5, 0.6) is 5.75 Å². The Labute approximate surface area is 141 Å². The molecule has 0 amide bonds. The Morgan fingerprint density at radius 1 is 1.21 bits per heavy atom. The van der Waals surface area contributed by atoms with Crippen LogP contribution in [-0.2, 0) is 17.9 Å². The average molecular weight is 326 g/mol. The number of aryl methyl sites for hydroxylation is 2. The zero-order chi connectivity index (χ0) is 17.1. The van der Waals surface area contributed by atoms with Gasteiger partial charge in [0.15, 0.2) is 5.65 Å². The summed E-state index contributed by atoms with van der Waals surface area (Å²) in [6, 6.07) is 7.71. The van der Waals surface area contributed by atoms with Crippen molar-refractivity contribution in [2.75, 3.05) is 19.5 Å². The molecule has 0 spiro atoms. The molecular formula is C18H22N4O2. The predicted octanol–water partition coefficient (Wildman–Crippen LogP) is 2.86. The quantitative estimate of drug-likeness (QED) is 0.705. The third kappa shape index (κ3) is 3.33. The van der Waals surface area contributed by atoms with Crippen molar-refractivity contribution >= 4 is 16.9 Å². The minimum atomic E-state index is 0.441. The molecule has 1 aromatic carbocycles. The third-order valence-electron chi connectivity index (χ3n) is 3.90. The highest BCUT2D eigenvalue weighted by atomic mass is 16.5. The fourth-order valence-corrected chi connectivity index (χ4v) is 2.63. The maximum atomic E-state index is 5.85. The lowest BCUT2D eigenvalue weighted by molar-refractivity contribution is 0.173. The van der Waals surface area contributed by atoms with Gasteiger partial charge in [0.05, 0.1) is 6.54 Å². The molecule has 2 N–H and O–H groups in total. The molecule has 0 saturated heterocycles. The number of ether oxygens (including phenoxy) is 2. The lowest BCUT2D eigenvalue weighted by atomic mass is 10.2. The number of fused-ring (bicyclic) bond motifs is 1. The van der Waals surface area contributed by atoms with E-state index in [1.165, 1.54) is 0 Å². The van der Waals surface area contributed by atoms with Crippen LogP contribution in [0.2, 0.25) is 0 Å². The molecule has 0 atom stereocenters. The summed E-state index contributed by atoms with van der Waals surface area (Å²) >= 11 is 0. The Hall–Kier alpha value is -2.60. The van der Waals surface area contributed by atoms with Gasteiger partial charge < -0.3 is 19.8 Å². The van der Waals surface area contributed by atoms with Crippen molar-refractivity contribution in [3.63, 3.8) is 0 Å². The summed E-state index contributed by atoms with van der Waals surface area (Å²) in [7, 11) is 1.66. The lowest BCUT2D eigenvalue weighted by Crippen LogP contribution is -2.12. The molecule has 2 heterocycles. The molecule has 2 aromatic heterocycles. The fraction of sp³-hybridized carbons (Fsp3) is 0.333. The van der Waals surface area contributed by atoms with Crippen molar-refractivity contribution in [2.45, 2.75) is 27.0 Å². The first-order valence-electron chi connectivity index (χ1n) is 7.88. The van der Waals surface area contributed by atoms with Crippen LogP contribution in [0.3, 0.4) is 0 Å². The molecule has 0 aliphatic carbocycles. The van der Waals surface area contributed by atoms with Crippen LogP contribution in [0.1, 0.15) is 17.0 Å². The van der Waals surface area contributed by atoms with Gasteiger partial charge in [0.25, 0.3) is 0 Å². The molecule has 0 unspecified atom stereocenters. The molecule has 0 aliphatic heterocycles. The number of benzene rings is 1. The van der Waals surface area contributed by atoms with Gasteiger partial charge in [0.1, 0.15) is 30.3 Å². The Bertz CT molecular complexity index is 858. The standard InChI is InChI=1S/C18H22N4O2/c1-12-8-16-18(20-10-12)22(17(21-16)11-23-3)6-7-24-14-4-5-15(19)13(2)9-14/h4-5,8-10H,6-7,11,19H2,1-3H3. The lowest BCUT2D eigenvalue weighted by Gasteiger charge is -2.11. The second kappa shape index (κ2) is 6.88. The van der Waals surface area contributed by atoms with E-state index < -0.39 is 0 Å². The highest BCUT2D eigenvalue weighted by Crippen LogP contribution is 2.19. The van der Waals surface area contributed by atoms with E-state index in [0.29, 0.717) is 19.8 Å². The molecule has 0 aliphatic rings. The number of rotatable bonds is 6. The largest absolute Gasteiger partial charge is 0.492 e. The van der Waals surface area contributed by atoms with E-state index in [1.807, 2.05) is 48.9 Å². The third-order valence-corrected chi connectivity index (χ3v) is 3.90. The molecule has 0 saturated carbocycles. The van der Waals surface area contributed by atoms with Gasteiger partial charge in [-0.05, 0) is 49.2 Å². The molecule has 6 heteroatoms. The molecule has 0 radical (unpaired) electrons. The molecule has 6 nitrogen and oxygen atoms in total. The summed E-state index contributed by atoms with van der Waals surface area (Å²) in [5.74, 6) is 1.66. The number of hydrogen-bond acceptors (Lipinski definition) is 5. The van der Waals surface area contributed by atoms with Gasteiger partial charge >= 0.3 is 0 Å². The number of nitrogens with zero attached hydrogens (tertiary/aromatic N) is 3. The highest BCUT2D eigenvalue weighted by Gasteiger charge is 2.12. The number of aromatic nitrogens is 3. The van der Waals surface area contributed by atoms with Crippen molar-refractivity contribution in [3.8, 4) is 5.75 Å². The summed E-state index contributed by atoms with van der Waals surface area (Å²) in [6.07, 6.45) is 1.85. The van der Waals surface area contributed by atoms with Crippen molar-refractivity contribution in [2.24, 2.45) is 0 Å². The van der Waals surface area contributed by atoms with Gasteiger partial charge in [0, 0.05) is 19.0 Å². The monoisotopic (exact) mass is 326 g/mol. The second-order valence-electron chi connectivity index (χ2n) is 5.83. The first-order valence-corrected chi connectivity index (χ1v) is 7.88. The Balaban J connectivity index is 1.78. The number of nitrogen functional groups attached to an aromatic ring is 1. The van der Waals surface area contributed by atoms with Crippen LogP contribution in [0.15, 0.2) is 30.5 Å². The van der Waals surface area contributed by atoms with Crippen molar-refractivity contribution in [3.05, 3.63) is 47.4 Å². The average Bonchev–Trinajstić information content (AvgIpc) is 2.88. The smallest absolute Gasteiger partial charge is 0.160 e. The second-order valence-corrected chi connectivity index (χ2v) is 5.83. The molecule has 0 fully saturated rings. The van der Waals surface area contributed by atoms with Crippen LogP contribution in [0, 0.1) is 13.8 Å². The predicted molar refractivity (Wildman–Crippen MR) is 94.1 cm³/mol. The molecular weight excluding hydrogens is 304 g/mol. The van der Waals surface area contributed by atoms with Crippen molar-refractivity contribution in [1.82, 2.24) is 14.5 Å². The normalized spacial score (nSPS) is 11.1. The first-order chi connectivity index (χ1) is 11.6. The van der Waals surface area contributed by atoms with Gasteiger partial charge in [0.2, 0.25) is 0 Å².